The molecule has 0 saturated carbocycles. The quantitative estimate of drug-likeness (QED) is 0.0361. The number of nitrogens with zero attached hydrogens (tertiary/aromatic N) is 1. The third kappa shape index (κ3) is 14.7. The van der Waals surface area contributed by atoms with Crippen LogP contribution in [0.15, 0.2) is 91.1 Å². The summed E-state index contributed by atoms with van der Waals surface area (Å²) in [5, 5.41) is 27.9. The smallest absolute Gasteiger partial charge is 0.408 e. The summed E-state index contributed by atoms with van der Waals surface area (Å²) in [6, 6.07) is 18.1. The van der Waals surface area contributed by atoms with Crippen molar-refractivity contribution in [3.63, 3.8) is 0 Å². The van der Waals surface area contributed by atoms with Gasteiger partial charge in [-0.25, -0.2) is 4.79 Å². The molecule has 61 heavy (non-hydrogen) atoms. The molecular weight excluding hydrogens is 785 g/mol. The summed E-state index contributed by atoms with van der Waals surface area (Å²) in [6.07, 6.45) is 3.14. The number of primary amides is 1. The monoisotopic (exact) mass is 838 g/mol. The number of nitrogens with one attached hydrogen (secondary N) is 4. The minimum Gasteiger partial charge on any atom is -0.508 e. The van der Waals surface area contributed by atoms with Gasteiger partial charge in [0.1, 0.15) is 23.4 Å². The van der Waals surface area contributed by atoms with Crippen molar-refractivity contribution in [3.8, 4) is 5.75 Å². The Labute approximate surface area is 353 Å². The number of rotatable bonds is 21. The van der Waals surface area contributed by atoms with Crippen LogP contribution in [-0.2, 0) is 46.3 Å². The number of aromatic nitrogens is 1. The normalized spacial score (nSPS) is 13.4. The molecule has 0 bridgehead atoms. The Bertz CT molecular complexity index is 2200. The number of unbranched alkanes of at least 4 members (excludes halogenated alkanes) is 1. The molecule has 4 rings (SSSR count). The molecule has 0 unspecified atom stereocenters. The number of phenolic OH excluding ortho intramolecular Hbond substituents is 1. The average Bonchev–Trinajstić information content (AvgIpc) is 3.61. The van der Waals surface area contributed by atoms with Gasteiger partial charge in [-0.1, -0.05) is 67.1 Å². The number of benzene rings is 3. The molecule has 1 heterocycles. The number of hydrogen-bond donors (Lipinski definition) is 7. The van der Waals surface area contributed by atoms with Gasteiger partial charge in [0.05, 0.1) is 18.4 Å². The zero-order chi connectivity index (χ0) is 44.7. The third-order valence-electron chi connectivity index (χ3n) is 9.74. The van der Waals surface area contributed by atoms with Crippen molar-refractivity contribution in [2.24, 2.45) is 11.7 Å². The average molecular weight is 839 g/mol. The number of amides is 5. The number of ketones is 1. The van der Waals surface area contributed by atoms with Crippen molar-refractivity contribution < 1.29 is 48.5 Å². The molecule has 0 aliphatic carbocycles. The van der Waals surface area contributed by atoms with Gasteiger partial charge in [-0.2, -0.15) is 0 Å². The number of alkyl carbamates (subject to hydrolysis) is 1. The third-order valence-corrected chi connectivity index (χ3v) is 9.74. The molecule has 8 N–H and O–H groups in total. The lowest BCUT2D eigenvalue weighted by Gasteiger charge is -2.30. The number of Topliss-reactive ketones (excluding diaryl/α,β-unsaturated/α-hetero) is 1. The van der Waals surface area contributed by atoms with Crippen LogP contribution >= 0.6 is 0 Å². The fourth-order valence-electron chi connectivity index (χ4n) is 6.65. The summed E-state index contributed by atoms with van der Waals surface area (Å²) in [4.78, 5) is 97.4. The second-order valence-electron chi connectivity index (χ2n) is 15.6. The van der Waals surface area contributed by atoms with Gasteiger partial charge in [0.15, 0.2) is 5.78 Å². The van der Waals surface area contributed by atoms with E-state index in [0.717, 1.165) is 15.8 Å². The fourth-order valence-corrected chi connectivity index (χ4v) is 6.65. The van der Waals surface area contributed by atoms with Gasteiger partial charge in [0.2, 0.25) is 23.6 Å². The second-order valence-corrected chi connectivity index (χ2v) is 15.6. The first kappa shape index (κ1) is 46.7. The molecule has 0 fully saturated rings. The number of carboxylic acids is 1. The van der Waals surface area contributed by atoms with Gasteiger partial charge < -0.3 is 46.5 Å². The molecule has 16 nitrogen and oxygen atoms in total. The number of nitrogens with two attached hydrogens (primary N) is 1. The van der Waals surface area contributed by atoms with Crippen LogP contribution in [0.3, 0.4) is 0 Å². The Morgan fingerprint density at radius 2 is 1.54 bits per heavy atom. The lowest BCUT2D eigenvalue weighted by atomic mass is 9.88. The van der Waals surface area contributed by atoms with Gasteiger partial charge >= 0.3 is 12.1 Å². The number of carboxylic acid groups (broad SMARTS) is 1. The van der Waals surface area contributed by atoms with E-state index in [1.165, 1.54) is 25.3 Å². The molecule has 1 aromatic heterocycles. The minimum absolute atomic E-state index is 0.0161. The maximum Gasteiger partial charge on any atom is 0.408 e. The molecule has 16 heteroatoms. The molecule has 0 saturated heterocycles. The Morgan fingerprint density at radius 3 is 2.20 bits per heavy atom. The number of phenols is 1. The zero-order valence-electron chi connectivity index (χ0n) is 34.7. The molecule has 4 aromatic rings. The first-order valence-corrected chi connectivity index (χ1v) is 19.9. The maximum atomic E-state index is 14.7. The van der Waals surface area contributed by atoms with Crippen LogP contribution < -0.4 is 21.7 Å². The first-order chi connectivity index (χ1) is 28.9. The molecule has 4 atom stereocenters. The number of ether oxygens (including phenoxy) is 1. The first-order valence-electron chi connectivity index (χ1n) is 19.9. The van der Waals surface area contributed by atoms with E-state index >= 15 is 0 Å². The number of H-pyrrole nitrogens is 1. The summed E-state index contributed by atoms with van der Waals surface area (Å²) in [6.45, 7) is 5.12. The zero-order valence-corrected chi connectivity index (χ0v) is 34.7. The molecule has 324 valence electrons. The van der Waals surface area contributed by atoms with Crippen molar-refractivity contribution in [2.75, 3.05) is 13.6 Å². The summed E-state index contributed by atoms with van der Waals surface area (Å²) in [5.74, 6) is -6.77. The van der Waals surface area contributed by atoms with Crippen LogP contribution in [-0.4, -0.2) is 98.9 Å². The molecule has 5 amide bonds. The van der Waals surface area contributed by atoms with Crippen LogP contribution in [0.25, 0.3) is 17.0 Å². The molecule has 3 aromatic carbocycles. The van der Waals surface area contributed by atoms with E-state index in [-0.39, 0.29) is 38.0 Å². The summed E-state index contributed by atoms with van der Waals surface area (Å²) >= 11 is 0. The molecule has 0 radical (unpaired) electrons. The lowest BCUT2D eigenvalue weighted by Crippen LogP contribution is -2.56. The maximum absolute atomic E-state index is 14.7. The lowest BCUT2D eigenvalue weighted by molar-refractivity contribution is -0.146. The van der Waals surface area contributed by atoms with Gasteiger partial charge in [-0.3, -0.25) is 28.8 Å². The van der Waals surface area contributed by atoms with Crippen LogP contribution in [0.1, 0.15) is 63.1 Å². The standard InChI is InChI=1S/C45H54N6O10/c1-45(2,3)61-44(60)50-35(25-30-27-48-34-16-9-8-14-32(30)34)40(56)33(15-10-11-23-47-38(53)22-19-28-17-20-31(52)21-18-28)42(58)49-36(26-39(54)55)43(59)51(4)37(41(46)57)24-29-12-6-5-7-13-29/h5-9,12-14,16-22,27,33,35-37,48,52H,10-11,15,23-26H2,1-4H3,(H2,46,57)(H,47,53)(H,49,58)(H,50,60)(H,54,55)/b22-19-/t33-,35+,36+,37+/m1/s1. The number of para-hydroxylation sites is 1. The van der Waals surface area contributed by atoms with E-state index in [0.29, 0.717) is 23.1 Å². The van der Waals surface area contributed by atoms with Crippen molar-refractivity contribution in [1.29, 1.82) is 0 Å². The largest absolute Gasteiger partial charge is 0.508 e. The van der Waals surface area contributed by atoms with E-state index < -0.39 is 77.5 Å². The van der Waals surface area contributed by atoms with Crippen LogP contribution in [0.2, 0.25) is 0 Å². The number of carbonyl (C=O) groups excluding carboxylic acids is 6. The van der Waals surface area contributed by atoms with Crippen molar-refractivity contribution >= 4 is 58.5 Å². The van der Waals surface area contributed by atoms with E-state index in [9.17, 15) is 43.8 Å². The number of likely N-dealkylation sites (N-methyl/N-ethyl adjacent to an activating group) is 1. The highest BCUT2D eigenvalue weighted by atomic mass is 16.6. The van der Waals surface area contributed by atoms with Crippen LogP contribution in [0.5, 0.6) is 5.75 Å². The number of fused-ring (bicyclic) bond motifs is 1. The highest BCUT2D eigenvalue weighted by molar-refractivity contribution is 6.06. The van der Waals surface area contributed by atoms with Gasteiger partial charge in [-0.15, -0.1) is 0 Å². The topological polar surface area (TPSA) is 250 Å². The number of aromatic hydroxyl groups is 1. The Kier molecular flexibility index (Phi) is 16.7. The second kappa shape index (κ2) is 21.9. The summed E-state index contributed by atoms with van der Waals surface area (Å²) in [5.41, 5.74) is 7.56. The number of carbonyl (C=O) groups is 7. The van der Waals surface area contributed by atoms with Crippen molar-refractivity contribution in [3.05, 3.63) is 108 Å². The summed E-state index contributed by atoms with van der Waals surface area (Å²) < 4.78 is 5.48. The Hall–Kier alpha value is -6.97. The number of hydrogen-bond acceptors (Lipinski definition) is 9. The van der Waals surface area contributed by atoms with Crippen molar-refractivity contribution in [2.45, 2.75) is 83.0 Å². The highest BCUT2D eigenvalue weighted by Crippen LogP contribution is 2.23. The molecule has 0 aliphatic heterocycles. The van der Waals surface area contributed by atoms with Gasteiger partial charge in [0.25, 0.3) is 0 Å². The number of aliphatic carboxylic acids is 1. The van der Waals surface area contributed by atoms with E-state index in [1.54, 1.807) is 75.5 Å². The fraction of sp³-hybridized carbons (Fsp3) is 0.356. The molecule has 0 spiro atoms. The predicted molar refractivity (Wildman–Crippen MR) is 228 cm³/mol. The minimum atomic E-state index is -1.71. The predicted octanol–water partition coefficient (Wildman–Crippen LogP) is 4.01. The van der Waals surface area contributed by atoms with Crippen LogP contribution in [0.4, 0.5) is 4.79 Å². The highest BCUT2D eigenvalue weighted by Gasteiger charge is 2.38. The molecular formula is C45H54N6O10. The SMILES string of the molecule is CN(C(=O)[C@H](CC(=O)O)NC(=O)[C@H](CCCCNC(=O)/C=C\c1ccc(O)cc1)C(=O)[C@H](Cc1c[nH]c2ccccc12)NC(=O)OC(C)(C)C)[C@@H](Cc1ccccc1)C(N)=O. The Morgan fingerprint density at radius 1 is 0.869 bits per heavy atom. The van der Waals surface area contributed by atoms with E-state index in [2.05, 4.69) is 20.9 Å². The van der Waals surface area contributed by atoms with Crippen molar-refractivity contribution in [1.82, 2.24) is 25.8 Å². The van der Waals surface area contributed by atoms with Gasteiger partial charge in [0, 0.05) is 49.6 Å². The van der Waals surface area contributed by atoms with E-state index in [4.69, 9.17) is 10.5 Å². The van der Waals surface area contributed by atoms with E-state index in [1.807, 2.05) is 24.3 Å². The molecule has 0 aliphatic rings. The van der Waals surface area contributed by atoms with Crippen LogP contribution in [0, 0.1) is 5.92 Å². The number of aromatic amines is 1. The van der Waals surface area contributed by atoms with Gasteiger partial charge in [-0.05, 0) is 74.6 Å². The summed E-state index contributed by atoms with van der Waals surface area (Å²) in [7, 11) is 1.28. The Balaban J connectivity index is 1.60.